The third kappa shape index (κ3) is 1.77. The summed E-state index contributed by atoms with van der Waals surface area (Å²) in [6.07, 6.45) is 0. The number of nitrogens with one attached hydrogen (secondary N) is 1. The van der Waals surface area contributed by atoms with Gasteiger partial charge in [0.2, 0.25) is 5.43 Å². The molecule has 0 radical (unpaired) electrons. The first kappa shape index (κ1) is 9.50. The molecule has 0 amide bonds. The Balaban J connectivity index is 3.59. The lowest BCUT2D eigenvalue weighted by atomic mass is 10.3. The van der Waals surface area contributed by atoms with Gasteiger partial charge in [-0.25, -0.2) is 0 Å². The fourth-order valence-corrected chi connectivity index (χ4v) is 2.15. The lowest BCUT2D eigenvalue weighted by molar-refractivity contribution is 1.07. The monoisotopic (exact) mass is 375 g/mol. The minimum absolute atomic E-state index is 0.139. The zero-order valence-electron chi connectivity index (χ0n) is 6.16. The SMILES string of the molecule is Cc1[nH]c(C)c(I)c(=O)c1I. The Bertz CT molecular complexity index is 314. The molecule has 0 aliphatic heterocycles. The third-order valence-electron chi connectivity index (χ3n) is 1.43. The highest BCUT2D eigenvalue weighted by molar-refractivity contribution is 14.1. The molecule has 1 aromatic heterocycles. The van der Waals surface area contributed by atoms with E-state index < -0.39 is 0 Å². The number of aromatic nitrogens is 1. The first-order valence-corrected chi connectivity index (χ1v) is 5.24. The Labute approximate surface area is 92.1 Å². The van der Waals surface area contributed by atoms with E-state index in [4.69, 9.17) is 0 Å². The third-order valence-corrected chi connectivity index (χ3v) is 4.03. The van der Waals surface area contributed by atoms with Gasteiger partial charge in [0, 0.05) is 11.4 Å². The first-order chi connectivity index (χ1) is 5.04. The predicted molar refractivity (Wildman–Crippen MR) is 62.0 cm³/mol. The largest absolute Gasteiger partial charge is 0.361 e. The maximum Gasteiger partial charge on any atom is 0.208 e. The average molecular weight is 375 g/mol. The second-order valence-corrected chi connectivity index (χ2v) is 4.49. The maximum absolute atomic E-state index is 11.4. The van der Waals surface area contributed by atoms with E-state index in [1.165, 1.54) is 0 Å². The van der Waals surface area contributed by atoms with Crippen molar-refractivity contribution in [2.24, 2.45) is 0 Å². The Hall–Kier alpha value is 0.410. The molecule has 0 saturated heterocycles. The number of halogens is 2. The predicted octanol–water partition coefficient (Wildman–Crippen LogP) is 2.20. The van der Waals surface area contributed by atoms with Gasteiger partial charge in [-0.1, -0.05) is 0 Å². The van der Waals surface area contributed by atoms with Crippen molar-refractivity contribution in [3.8, 4) is 0 Å². The van der Waals surface area contributed by atoms with E-state index in [1.54, 1.807) is 0 Å². The molecule has 1 rings (SSSR count). The van der Waals surface area contributed by atoms with E-state index in [0.717, 1.165) is 18.5 Å². The van der Waals surface area contributed by atoms with E-state index in [0.29, 0.717) is 0 Å². The normalized spacial score (nSPS) is 10.2. The minimum atomic E-state index is 0.139. The van der Waals surface area contributed by atoms with Crippen LogP contribution in [0.4, 0.5) is 0 Å². The molecule has 0 atom stereocenters. The molecule has 11 heavy (non-hydrogen) atoms. The standard InChI is InChI=1S/C7H7I2NO/c1-3-5(8)7(11)6(9)4(2)10-3/h1-2H3,(H,10,11). The Morgan fingerprint density at radius 3 is 1.82 bits per heavy atom. The van der Waals surface area contributed by atoms with Crippen LogP contribution in [0.1, 0.15) is 11.4 Å². The summed E-state index contributed by atoms with van der Waals surface area (Å²) in [5, 5.41) is 0. The van der Waals surface area contributed by atoms with Crippen LogP contribution < -0.4 is 5.43 Å². The lowest BCUT2D eigenvalue weighted by Crippen LogP contribution is -2.14. The Morgan fingerprint density at radius 1 is 1.09 bits per heavy atom. The molecule has 0 spiro atoms. The summed E-state index contributed by atoms with van der Waals surface area (Å²) in [4.78, 5) is 14.5. The van der Waals surface area contributed by atoms with Crippen LogP contribution in [0, 0.1) is 21.0 Å². The van der Waals surface area contributed by atoms with E-state index in [-0.39, 0.29) is 5.43 Å². The van der Waals surface area contributed by atoms with E-state index in [2.05, 4.69) is 50.2 Å². The second-order valence-electron chi connectivity index (χ2n) is 2.33. The van der Waals surface area contributed by atoms with Gasteiger partial charge in [0.25, 0.3) is 0 Å². The topological polar surface area (TPSA) is 32.9 Å². The van der Waals surface area contributed by atoms with Crippen LogP contribution in [-0.2, 0) is 0 Å². The van der Waals surface area contributed by atoms with Gasteiger partial charge in [-0.3, -0.25) is 4.79 Å². The van der Waals surface area contributed by atoms with Gasteiger partial charge in [-0.15, -0.1) is 0 Å². The fraction of sp³-hybridized carbons (Fsp3) is 0.286. The first-order valence-electron chi connectivity index (χ1n) is 3.08. The van der Waals surface area contributed by atoms with E-state index in [9.17, 15) is 4.79 Å². The molecule has 4 heteroatoms. The zero-order valence-corrected chi connectivity index (χ0v) is 10.5. The molecule has 0 fully saturated rings. The van der Waals surface area contributed by atoms with Crippen molar-refractivity contribution in [1.82, 2.24) is 4.98 Å². The van der Waals surface area contributed by atoms with Crippen molar-refractivity contribution in [3.05, 3.63) is 28.8 Å². The van der Waals surface area contributed by atoms with Gasteiger partial charge in [-0.05, 0) is 59.0 Å². The van der Waals surface area contributed by atoms with Gasteiger partial charge in [-0.2, -0.15) is 0 Å². The molecular formula is C7H7I2NO. The van der Waals surface area contributed by atoms with Gasteiger partial charge in [0.1, 0.15) is 0 Å². The van der Waals surface area contributed by atoms with Crippen LogP contribution in [-0.4, -0.2) is 4.98 Å². The van der Waals surface area contributed by atoms with Crippen LogP contribution in [0.25, 0.3) is 0 Å². The van der Waals surface area contributed by atoms with Crippen LogP contribution in [0.3, 0.4) is 0 Å². The zero-order chi connectivity index (χ0) is 8.59. The molecule has 0 saturated carbocycles. The van der Waals surface area contributed by atoms with Crippen LogP contribution in [0.5, 0.6) is 0 Å². The summed E-state index contributed by atoms with van der Waals surface area (Å²) in [5.74, 6) is 0. The number of rotatable bonds is 0. The minimum Gasteiger partial charge on any atom is -0.361 e. The van der Waals surface area contributed by atoms with Crippen LogP contribution >= 0.6 is 45.2 Å². The summed E-state index contributed by atoms with van der Waals surface area (Å²) < 4.78 is 1.58. The summed E-state index contributed by atoms with van der Waals surface area (Å²) in [6.45, 7) is 3.82. The number of aromatic amines is 1. The molecule has 60 valence electrons. The second kappa shape index (κ2) is 3.42. The lowest BCUT2D eigenvalue weighted by Gasteiger charge is -2.02. The number of hydrogen-bond donors (Lipinski definition) is 1. The van der Waals surface area contributed by atoms with Gasteiger partial charge in [0.05, 0.1) is 7.14 Å². The highest BCUT2D eigenvalue weighted by atomic mass is 127. The van der Waals surface area contributed by atoms with Crippen molar-refractivity contribution in [3.63, 3.8) is 0 Å². The molecule has 1 N–H and O–H groups in total. The fourth-order valence-electron chi connectivity index (χ4n) is 0.828. The molecule has 1 heterocycles. The molecule has 0 bridgehead atoms. The Kier molecular flexibility index (Phi) is 2.96. The molecular weight excluding hydrogens is 368 g/mol. The number of pyridine rings is 1. The van der Waals surface area contributed by atoms with Crippen LogP contribution in [0.15, 0.2) is 4.79 Å². The highest BCUT2D eigenvalue weighted by Gasteiger charge is 2.06. The van der Waals surface area contributed by atoms with Crippen molar-refractivity contribution < 1.29 is 0 Å². The molecule has 0 aliphatic rings. The molecule has 2 nitrogen and oxygen atoms in total. The van der Waals surface area contributed by atoms with Crippen LogP contribution in [0.2, 0.25) is 0 Å². The highest BCUT2D eigenvalue weighted by Crippen LogP contribution is 2.09. The average Bonchev–Trinajstić information content (AvgIpc) is 1.97. The quantitative estimate of drug-likeness (QED) is 0.694. The van der Waals surface area contributed by atoms with Gasteiger partial charge >= 0.3 is 0 Å². The molecule has 0 aromatic carbocycles. The summed E-state index contributed by atoms with van der Waals surface area (Å²) in [6, 6.07) is 0. The number of aryl methyl sites for hydroxylation is 2. The molecule has 0 aliphatic carbocycles. The maximum atomic E-state index is 11.4. The smallest absolute Gasteiger partial charge is 0.208 e. The Morgan fingerprint density at radius 2 is 1.45 bits per heavy atom. The van der Waals surface area contributed by atoms with Crippen molar-refractivity contribution >= 4 is 45.2 Å². The van der Waals surface area contributed by atoms with Crippen molar-refractivity contribution in [2.45, 2.75) is 13.8 Å². The summed E-state index contributed by atoms with van der Waals surface area (Å²) >= 11 is 4.13. The van der Waals surface area contributed by atoms with Gasteiger partial charge < -0.3 is 4.98 Å². The van der Waals surface area contributed by atoms with Gasteiger partial charge in [0.15, 0.2) is 0 Å². The molecule has 0 unspecified atom stereocenters. The van der Waals surface area contributed by atoms with E-state index >= 15 is 0 Å². The summed E-state index contributed by atoms with van der Waals surface area (Å²) in [5.41, 5.74) is 2.04. The van der Waals surface area contributed by atoms with Crippen molar-refractivity contribution in [2.75, 3.05) is 0 Å². The van der Waals surface area contributed by atoms with E-state index in [1.807, 2.05) is 13.8 Å². The number of hydrogen-bond acceptors (Lipinski definition) is 1. The molecule has 1 aromatic rings. The number of H-pyrrole nitrogens is 1. The summed E-state index contributed by atoms with van der Waals surface area (Å²) in [7, 11) is 0. The van der Waals surface area contributed by atoms with Crippen molar-refractivity contribution in [1.29, 1.82) is 0 Å².